The number of amides is 1. The highest BCUT2D eigenvalue weighted by atomic mass is 16.3. The van der Waals surface area contributed by atoms with Crippen LogP contribution in [0.3, 0.4) is 0 Å². The van der Waals surface area contributed by atoms with Gasteiger partial charge in [-0.05, 0) is 30.1 Å². The van der Waals surface area contributed by atoms with Gasteiger partial charge in [0, 0.05) is 23.7 Å². The molecule has 4 nitrogen and oxygen atoms in total. The molecule has 5 aliphatic carbocycles. The molecule has 16 heavy (non-hydrogen) atoms. The maximum atomic E-state index is 12.0. The molecule has 84 valence electrons. The number of carbonyl (C=O) groups is 1. The van der Waals surface area contributed by atoms with Gasteiger partial charge in [-0.3, -0.25) is 4.79 Å². The Morgan fingerprint density at radius 2 is 1.75 bits per heavy atom. The molecule has 1 amide bonds. The predicted octanol–water partition coefficient (Wildman–Crippen LogP) is -1.08. The quantitative estimate of drug-likeness (QED) is 0.485. The summed E-state index contributed by atoms with van der Waals surface area (Å²) in [5.74, 6) is 2.47. The SMILES string of the molecule is O=C1NC2(O)C3C4CC5C6C4C2C6C1(O)C53. The average Bonchev–Trinajstić information content (AvgIpc) is 2.66. The lowest BCUT2D eigenvalue weighted by molar-refractivity contribution is -0.254. The third-order valence-electron chi connectivity index (χ3n) is 7.21. The van der Waals surface area contributed by atoms with Gasteiger partial charge in [0.2, 0.25) is 0 Å². The Balaban J connectivity index is 1.78. The smallest absolute Gasteiger partial charge is 0.254 e. The average molecular weight is 219 g/mol. The van der Waals surface area contributed by atoms with Crippen molar-refractivity contribution in [3.63, 3.8) is 0 Å². The van der Waals surface area contributed by atoms with Gasteiger partial charge in [0.05, 0.1) is 0 Å². The van der Waals surface area contributed by atoms with Gasteiger partial charge in [-0.15, -0.1) is 0 Å². The molecule has 2 saturated heterocycles. The maximum Gasteiger partial charge on any atom is 0.254 e. The van der Waals surface area contributed by atoms with E-state index in [1.807, 2.05) is 0 Å². The number of hydrogen-bond acceptors (Lipinski definition) is 3. The highest BCUT2D eigenvalue weighted by Crippen LogP contribution is 2.88. The number of fused-ring (bicyclic) bond motifs is 1. The summed E-state index contributed by atoms with van der Waals surface area (Å²) in [6, 6.07) is 0. The Morgan fingerprint density at radius 3 is 2.56 bits per heavy atom. The van der Waals surface area contributed by atoms with E-state index in [-0.39, 0.29) is 29.6 Å². The van der Waals surface area contributed by atoms with E-state index in [0.717, 1.165) is 6.42 Å². The highest BCUT2D eigenvalue weighted by molar-refractivity contribution is 5.91. The molecule has 2 aliphatic heterocycles. The Kier molecular flexibility index (Phi) is 0.758. The van der Waals surface area contributed by atoms with Crippen molar-refractivity contribution in [2.24, 2.45) is 47.3 Å². The third kappa shape index (κ3) is 0.371. The minimum Gasteiger partial charge on any atom is -0.379 e. The zero-order valence-electron chi connectivity index (χ0n) is 8.63. The normalized spacial score (nSPS) is 83.2. The molecule has 10 atom stereocenters. The van der Waals surface area contributed by atoms with Crippen LogP contribution >= 0.6 is 0 Å². The van der Waals surface area contributed by atoms with Crippen LogP contribution in [0.5, 0.6) is 0 Å². The number of aliphatic hydroxyl groups is 2. The molecule has 0 spiro atoms. The van der Waals surface area contributed by atoms with Gasteiger partial charge < -0.3 is 15.5 Å². The molecule has 4 bridgehead atoms. The number of rotatable bonds is 0. The van der Waals surface area contributed by atoms with E-state index in [2.05, 4.69) is 5.32 Å². The first-order valence-electron chi connectivity index (χ1n) is 6.37. The first-order valence-corrected chi connectivity index (χ1v) is 6.37. The monoisotopic (exact) mass is 219 g/mol. The second-order valence-corrected chi connectivity index (χ2v) is 6.93. The van der Waals surface area contributed by atoms with Gasteiger partial charge in [0.25, 0.3) is 5.91 Å². The number of carbonyl (C=O) groups excluding carboxylic acids is 1. The third-order valence-corrected chi connectivity index (χ3v) is 7.21. The van der Waals surface area contributed by atoms with E-state index in [0.29, 0.717) is 23.7 Å². The van der Waals surface area contributed by atoms with Crippen LogP contribution in [0.4, 0.5) is 0 Å². The molecule has 3 N–H and O–H groups in total. The van der Waals surface area contributed by atoms with E-state index >= 15 is 0 Å². The fourth-order valence-electron chi connectivity index (χ4n) is 7.38. The van der Waals surface area contributed by atoms with Crippen LogP contribution in [0.15, 0.2) is 0 Å². The van der Waals surface area contributed by atoms with Crippen LogP contribution in [0.25, 0.3) is 0 Å². The highest BCUT2D eigenvalue weighted by Gasteiger charge is 2.94. The first-order chi connectivity index (χ1) is 7.60. The second-order valence-electron chi connectivity index (χ2n) is 6.93. The Morgan fingerprint density at radius 1 is 1.06 bits per heavy atom. The summed E-state index contributed by atoms with van der Waals surface area (Å²) in [5.41, 5.74) is -2.06. The lowest BCUT2D eigenvalue weighted by atomic mass is 9.51. The van der Waals surface area contributed by atoms with Gasteiger partial charge >= 0.3 is 0 Å². The Labute approximate surface area is 92.0 Å². The van der Waals surface area contributed by atoms with Crippen molar-refractivity contribution in [2.45, 2.75) is 17.7 Å². The van der Waals surface area contributed by atoms with Crippen molar-refractivity contribution >= 4 is 5.91 Å². The van der Waals surface area contributed by atoms with Crippen molar-refractivity contribution in [1.82, 2.24) is 5.32 Å². The van der Waals surface area contributed by atoms with Crippen molar-refractivity contribution in [1.29, 1.82) is 0 Å². The Bertz CT molecular complexity index is 493. The fraction of sp³-hybridized carbons (Fsp3) is 0.917. The van der Waals surface area contributed by atoms with Crippen LogP contribution in [-0.4, -0.2) is 27.4 Å². The van der Waals surface area contributed by atoms with Crippen LogP contribution in [0, 0.1) is 47.3 Å². The lowest BCUT2D eigenvalue weighted by Crippen LogP contribution is -2.80. The van der Waals surface area contributed by atoms with Crippen LogP contribution in [0.2, 0.25) is 0 Å². The minimum atomic E-state index is -1.11. The molecular formula is C12H13NO3. The zero-order valence-corrected chi connectivity index (χ0v) is 8.63. The van der Waals surface area contributed by atoms with Gasteiger partial charge in [-0.2, -0.15) is 0 Å². The summed E-state index contributed by atoms with van der Waals surface area (Å²) in [6.45, 7) is 0. The fourth-order valence-corrected chi connectivity index (χ4v) is 7.38. The molecule has 7 rings (SSSR count). The largest absolute Gasteiger partial charge is 0.379 e. The van der Waals surface area contributed by atoms with Crippen molar-refractivity contribution in [3.05, 3.63) is 0 Å². The predicted molar refractivity (Wildman–Crippen MR) is 50.6 cm³/mol. The van der Waals surface area contributed by atoms with Crippen molar-refractivity contribution in [2.75, 3.05) is 0 Å². The van der Waals surface area contributed by atoms with Crippen molar-refractivity contribution in [3.8, 4) is 0 Å². The maximum absolute atomic E-state index is 12.0. The summed E-state index contributed by atoms with van der Waals surface area (Å²) in [6.07, 6.45) is 1.15. The number of piperidine rings is 2. The molecule has 0 radical (unpaired) electrons. The van der Waals surface area contributed by atoms with Crippen LogP contribution in [-0.2, 0) is 4.79 Å². The molecular weight excluding hydrogens is 206 g/mol. The zero-order chi connectivity index (χ0) is 10.6. The van der Waals surface area contributed by atoms with E-state index in [9.17, 15) is 15.0 Å². The van der Waals surface area contributed by atoms with Crippen LogP contribution < -0.4 is 5.32 Å². The number of hydrogen-bond donors (Lipinski definition) is 3. The minimum absolute atomic E-state index is 0.0706. The summed E-state index contributed by atoms with van der Waals surface area (Å²) < 4.78 is 0. The summed E-state index contributed by atoms with van der Waals surface area (Å²) in [4.78, 5) is 12.0. The molecule has 2 heterocycles. The van der Waals surface area contributed by atoms with Crippen molar-refractivity contribution < 1.29 is 15.0 Å². The van der Waals surface area contributed by atoms with Gasteiger partial charge in [0.1, 0.15) is 11.3 Å². The molecule has 7 fully saturated rings. The first kappa shape index (κ1) is 7.67. The summed E-state index contributed by atoms with van der Waals surface area (Å²) >= 11 is 0. The molecule has 0 aromatic heterocycles. The molecule has 5 saturated carbocycles. The van der Waals surface area contributed by atoms with E-state index < -0.39 is 11.3 Å². The van der Waals surface area contributed by atoms with Gasteiger partial charge in [-0.1, -0.05) is 0 Å². The molecule has 0 aromatic carbocycles. The summed E-state index contributed by atoms with van der Waals surface area (Å²) in [7, 11) is 0. The molecule has 7 aliphatic rings. The van der Waals surface area contributed by atoms with E-state index in [4.69, 9.17) is 0 Å². The van der Waals surface area contributed by atoms with E-state index in [1.54, 1.807) is 0 Å². The molecule has 10 unspecified atom stereocenters. The van der Waals surface area contributed by atoms with Crippen LogP contribution in [0.1, 0.15) is 6.42 Å². The summed E-state index contributed by atoms with van der Waals surface area (Å²) in [5, 5.41) is 24.3. The van der Waals surface area contributed by atoms with Gasteiger partial charge in [0.15, 0.2) is 0 Å². The van der Waals surface area contributed by atoms with Gasteiger partial charge in [-0.25, -0.2) is 0 Å². The van der Waals surface area contributed by atoms with E-state index in [1.165, 1.54) is 0 Å². The topological polar surface area (TPSA) is 69.6 Å². The molecule has 0 aromatic rings. The lowest BCUT2D eigenvalue weighted by Gasteiger charge is -2.61. The second kappa shape index (κ2) is 1.58. The molecule has 4 heteroatoms. The number of nitrogens with one attached hydrogen (secondary N) is 1. The standard InChI is InChI=1S/C12H13NO3/c14-10-11(15)6-2-1-3-5-4(2)8(11)9(5)12(16,13-10)7(3)6/h2-9,15-16H,1H2,(H,13,14). The Hall–Kier alpha value is -0.610.